The van der Waals surface area contributed by atoms with Gasteiger partial charge in [0.05, 0.1) is 22.6 Å². The summed E-state index contributed by atoms with van der Waals surface area (Å²) in [4.78, 5) is 41.6. The summed E-state index contributed by atoms with van der Waals surface area (Å²) < 4.78 is 2.81. The number of aryl methyl sites for hydroxylation is 2. The lowest BCUT2D eigenvalue weighted by Gasteiger charge is -2.28. The molecule has 36 heavy (non-hydrogen) atoms. The number of fused-ring (bicyclic) bond motifs is 1. The summed E-state index contributed by atoms with van der Waals surface area (Å²) in [7, 11) is 0. The maximum absolute atomic E-state index is 14.1. The average molecular weight is 483 g/mol. The molecular formula is C31H34N2O3. The minimum atomic E-state index is -0.692. The van der Waals surface area contributed by atoms with E-state index in [0.717, 1.165) is 24.0 Å². The van der Waals surface area contributed by atoms with E-state index in [1.807, 2.05) is 71.0 Å². The second-order valence-electron chi connectivity index (χ2n) is 10.5. The van der Waals surface area contributed by atoms with Crippen molar-refractivity contribution in [1.29, 1.82) is 0 Å². The molecule has 3 aromatic carbocycles. The van der Waals surface area contributed by atoms with Gasteiger partial charge in [-0.3, -0.25) is 14.2 Å². The summed E-state index contributed by atoms with van der Waals surface area (Å²) in [6.07, 6.45) is 2.04. The first kappa shape index (κ1) is 25.4. The highest BCUT2D eigenvalue weighted by molar-refractivity contribution is 5.89. The molecule has 4 aromatic rings. The van der Waals surface area contributed by atoms with Crippen molar-refractivity contribution in [1.82, 2.24) is 9.13 Å². The van der Waals surface area contributed by atoms with Crippen molar-refractivity contribution in [3.05, 3.63) is 110 Å². The summed E-state index contributed by atoms with van der Waals surface area (Å²) in [5, 5.41) is 0.424. The summed E-state index contributed by atoms with van der Waals surface area (Å²) in [6, 6.07) is 22.1. The highest BCUT2D eigenvalue weighted by Crippen LogP contribution is 2.29. The predicted octanol–water partition coefficient (Wildman–Crippen LogP) is 5.95. The fraction of sp³-hybridized carbons (Fsp3) is 0.323. The number of nitrogens with zero attached hydrogens (tertiary/aromatic N) is 2. The first-order valence-corrected chi connectivity index (χ1v) is 12.5. The van der Waals surface area contributed by atoms with Crippen LogP contribution < -0.4 is 11.2 Å². The molecule has 0 bridgehead atoms. The van der Waals surface area contributed by atoms with Gasteiger partial charge >= 0.3 is 5.69 Å². The van der Waals surface area contributed by atoms with E-state index in [1.54, 1.807) is 28.8 Å². The summed E-state index contributed by atoms with van der Waals surface area (Å²) >= 11 is 0. The number of carbonyl (C=O) groups is 1. The molecule has 186 valence electrons. The number of benzene rings is 3. The first-order valence-electron chi connectivity index (χ1n) is 12.5. The Morgan fingerprint density at radius 3 is 2.22 bits per heavy atom. The molecule has 0 saturated carbocycles. The van der Waals surface area contributed by atoms with Crippen LogP contribution in [0.25, 0.3) is 16.6 Å². The van der Waals surface area contributed by atoms with Crippen molar-refractivity contribution in [2.75, 3.05) is 0 Å². The number of rotatable bonds is 7. The van der Waals surface area contributed by atoms with E-state index in [2.05, 4.69) is 12.1 Å². The molecule has 4 rings (SSSR count). The Hall–Kier alpha value is -3.73. The second kappa shape index (κ2) is 10.1. The summed E-state index contributed by atoms with van der Waals surface area (Å²) in [6.45, 7) is 9.52. The number of Topliss-reactive ketones (excluding diaryl/α,β-unsaturated/α-hetero) is 1. The smallest absolute Gasteiger partial charge is 0.297 e. The van der Waals surface area contributed by atoms with E-state index in [9.17, 15) is 14.4 Å². The lowest BCUT2D eigenvalue weighted by atomic mass is 9.84. The van der Waals surface area contributed by atoms with Crippen LogP contribution in [0.1, 0.15) is 56.3 Å². The minimum Gasteiger partial charge on any atom is -0.297 e. The largest absolute Gasteiger partial charge is 0.336 e. The van der Waals surface area contributed by atoms with Crippen LogP contribution in [0.3, 0.4) is 0 Å². The normalized spacial score (nSPS) is 12.6. The van der Waals surface area contributed by atoms with Gasteiger partial charge < -0.3 is 0 Å². The third kappa shape index (κ3) is 4.83. The maximum atomic E-state index is 14.1. The van der Waals surface area contributed by atoms with Gasteiger partial charge in [0.15, 0.2) is 5.78 Å². The molecule has 0 N–H and O–H groups in total. The van der Waals surface area contributed by atoms with Crippen molar-refractivity contribution in [3.63, 3.8) is 0 Å². The topological polar surface area (TPSA) is 61.1 Å². The molecule has 0 spiro atoms. The zero-order chi connectivity index (χ0) is 26.0. The third-order valence-electron chi connectivity index (χ3n) is 6.95. The molecule has 0 fully saturated rings. The van der Waals surface area contributed by atoms with Gasteiger partial charge in [0.2, 0.25) is 0 Å². The lowest BCUT2D eigenvalue weighted by Crippen LogP contribution is -2.44. The van der Waals surface area contributed by atoms with E-state index in [1.165, 1.54) is 10.1 Å². The van der Waals surface area contributed by atoms with Crippen LogP contribution in [0.5, 0.6) is 0 Å². The van der Waals surface area contributed by atoms with Gasteiger partial charge in [-0.05, 0) is 68.0 Å². The van der Waals surface area contributed by atoms with Crippen LogP contribution in [0.4, 0.5) is 0 Å². The quantitative estimate of drug-likeness (QED) is 0.327. The minimum absolute atomic E-state index is 0.0195. The molecular weight excluding hydrogens is 448 g/mol. The number of hydrogen-bond donors (Lipinski definition) is 0. The second-order valence-corrected chi connectivity index (χ2v) is 10.5. The van der Waals surface area contributed by atoms with E-state index in [0.29, 0.717) is 23.0 Å². The van der Waals surface area contributed by atoms with Crippen molar-refractivity contribution in [2.45, 2.75) is 59.9 Å². The first-order chi connectivity index (χ1) is 17.1. The molecule has 0 saturated heterocycles. The Morgan fingerprint density at radius 1 is 0.861 bits per heavy atom. The third-order valence-corrected chi connectivity index (χ3v) is 6.95. The molecule has 0 aliphatic rings. The van der Waals surface area contributed by atoms with Gasteiger partial charge in [-0.25, -0.2) is 9.36 Å². The highest BCUT2D eigenvalue weighted by atomic mass is 16.2. The van der Waals surface area contributed by atoms with E-state index < -0.39 is 17.1 Å². The Balaban J connectivity index is 1.94. The standard InChI is InChI=1S/C31H34N2O3/c1-21-13-11-19-25(22(21)2)33-29(35)24-17-9-10-18-26(24)32(30(33)36)27(28(34)31(3,4)5)20-12-16-23-14-7-6-8-15-23/h6-11,13-15,17-19,27H,12,16,20H2,1-5H3. The molecule has 5 heteroatoms. The van der Waals surface area contributed by atoms with Crippen LogP contribution in [0.2, 0.25) is 0 Å². The molecule has 0 radical (unpaired) electrons. The lowest BCUT2D eigenvalue weighted by molar-refractivity contribution is -0.130. The molecule has 5 nitrogen and oxygen atoms in total. The predicted molar refractivity (Wildman–Crippen MR) is 146 cm³/mol. The maximum Gasteiger partial charge on any atom is 0.336 e. The van der Waals surface area contributed by atoms with Gasteiger partial charge in [0.25, 0.3) is 5.56 Å². The zero-order valence-corrected chi connectivity index (χ0v) is 21.7. The van der Waals surface area contributed by atoms with Crippen molar-refractivity contribution >= 4 is 16.7 Å². The SMILES string of the molecule is Cc1cccc(-n2c(=O)c3ccccc3n(C(CCCc3ccccc3)C(=O)C(C)(C)C)c2=O)c1C. The number of ketones is 1. The van der Waals surface area contributed by atoms with Crippen molar-refractivity contribution in [2.24, 2.45) is 5.41 Å². The van der Waals surface area contributed by atoms with Gasteiger partial charge in [0.1, 0.15) is 0 Å². The Bertz CT molecular complexity index is 1520. The zero-order valence-electron chi connectivity index (χ0n) is 21.7. The number of para-hydroxylation sites is 1. The summed E-state index contributed by atoms with van der Waals surface area (Å²) in [5.41, 5.74) is 2.59. The Labute approximate surface area is 212 Å². The molecule has 1 heterocycles. The molecule has 0 aliphatic heterocycles. The van der Waals surface area contributed by atoms with Crippen molar-refractivity contribution in [3.8, 4) is 5.69 Å². The van der Waals surface area contributed by atoms with Crippen LogP contribution in [0.15, 0.2) is 82.4 Å². The molecule has 1 atom stereocenters. The van der Waals surface area contributed by atoms with Crippen LogP contribution >= 0.6 is 0 Å². The van der Waals surface area contributed by atoms with Crippen LogP contribution in [-0.2, 0) is 11.2 Å². The fourth-order valence-corrected chi connectivity index (χ4v) is 4.80. The van der Waals surface area contributed by atoms with Crippen LogP contribution in [0, 0.1) is 19.3 Å². The summed E-state index contributed by atoms with van der Waals surface area (Å²) in [5.74, 6) is -0.0195. The van der Waals surface area contributed by atoms with Gasteiger partial charge in [0, 0.05) is 5.41 Å². The van der Waals surface area contributed by atoms with Crippen molar-refractivity contribution < 1.29 is 4.79 Å². The monoisotopic (exact) mass is 482 g/mol. The molecule has 1 aromatic heterocycles. The van der Waals surface area contributed by atoms with E-state index in [4.69, 9.17) is 0 Å². The number of carbonyl (C=O) groups excluding carboxylic acids is 1. The van der Waals surface area contributed by atoms with Crippen LogP contribution in [-0.4, -0.2) is 14.9 Å². The number of hydrogen-bond acceptors (Lipinski definition) is 3. The molecule has 0 aliphatic carbocycles. The Morgan fingerprint density at radius 2 is 1.53 bits per heavy atom. The van der Waals surface area contributed by atoms with Gasteiger partial charge in [-0.15, -0.1) is 0 Å². The van der Waals surface area contributed by atoms with Gasteiger partial charge in [-0.2, -0.15) is 0 Å². The average Bonchev–Trinajstić information content (AvgIpc) is 2.85. The molecule has 0 amide bonds. The highest BCUT2D eigenvalue weighted by Gasteiger charge is 2.33. The fourth-order valence-electron chi connectivity index (χ4n) is 4.80. The van der Waals surface area contributed by atoms with E-state index in [-0.39, 0.29) is 11.3 Å². The van der Waals surface area contributed by atoms with E-state index >= 15 is 0 Å². The molecule has 1 unspecified atom stereocenters. The van der Waals surface area contributed by atoms with Gasteiger partial charge in [-0.1, -0.05) is 75.4 Å². The Kier molecular flexibility index (Phi) is 7.11. The number of aromatic nitrogens is 2.